The molecular formula is C18H24N2O5. The highest BCUT2D eigenvalue weighted by Gasteiger charge is 2.25. The molecule has 2 aliphatic heterocycles. The Labute approximate surface area is 147 Å². The molecule has 1 aromatic carbocycles. The van der Waals surface area contributed by atoms with Crippen molar-refractivity contribution in [3.8, 4) is 11.5 Å². The van der Waals surface area contributed by atoms with E-state index in [9.17, 15) is 9.59 Å². The summed E-state index contributed by atoms with van der Waals surface area (Å²) in [6, 6.07) is 3.62. The van der Waals surface area contributed by atoms with Crippen molar-refractivity contribution >= 4 is 12.0 Å². The van der Waals surface area contributed by atoms with Crippen molar-refractivity contribution in [3.63, 3.8) is 0 Å². The van der Waals surface area contributed by atoms with Gasteiger partial charge in [-0.15, -0.1) is 0 Å². The van der Waals surface area contributed by atoms with Crippen LogP contribution in [0.1, 0.15) is 29.3 Å². The average Bonchev–Trinajstić information content (AvgIpc) is 2.87. The van der Waals surface area contributed by atoms with Crippen molar-refractivity contribution in [2.45, 2.75) is 20.3 Å². The minimum Gasteiger partial charge on any atom is -0.486 e. The molecule has 0 bridgehead atoms. The van der Waals surface area contributed by atoms with E-state index in [1.54, 1.807) is 22.8 Å². The third kappa shape index (κ3) is 3.81. The van der Waals surface area contributed by atoms with Crippen LogP contribution in [0.15, 0.2) is 12.1 Å². The number of fused-ring (bicyclic) bond motifs is 1. The van der Waals surface area contributed by atoms with Crippen LogP contribution in [0.4, 0.5) is 4.79 Å². The molecule has 2 amide bonds. The zero-order valence-corrected chi connectivity index (χ0v) is 14.7. The minimum atomic E-state index is -0.313. The summed E-state index contributed by atoms with van der Waals surface area (Å²) in [4.78, 5) is 28.3. The second kappa shape index (κ2) is 7.63. The van der Waals surface area contributed by atoms with Gasteiger partial charge in [-0.2, -0.15) is 0 Å². The second-order valence-corrected chi connectivity index (χ2v) is 6.14. The molecule has 1 fully saturated rings. The van der Waals surface area contributed by atoms with Gasteiger partial charge in [0.2, 0.25) is 0 Å². The van der Waals surface area contributed by atoms with Crippen LogP contribution >= 0.6 is 0 Å². The lowest BCUT2D eigenvalue weighted by molar-refractivity contribution is 0.0751. The number of carbonyl (C=O) groups excluding carboxylic acids is 2. The van der Waals surface area contributed by atoms with Crippen molar-refractivity contribution in [2.75, 3.05) is 46.0 Å². The van der Waals surface area contributed by atoms with Crippen molar-refractivity contribution in [2.24, 2.45) is 0 Å². The Morgan fingerprint density at radius 2 is 1.68 bits per heavy atom. The maximum atomic E-state index is 13.0. The van der Waals surface area contributed by atoms with Crippen molar-refractivity contribution < 1.29 is 23.8 Å². The van der Waals surface area contributed by atoms with Crippen LogP contribution < -0.4 is 9.47 Å². The molecule has 0 spiro atoms. The lowest BCUT2D eigenvalue weighted by atomic mass is 10.1. The maximum Gasteiger partial charge on any atom is 0.409 e. The van der Waals surface area contributed by atoms with Gasteiger partial charge in [-0.3, -0.25) is 4.79 Å². The topological polar surface area (TPSA) is 68.3 Å². The molecular weight excluding hydrogens is 324 g/mol. The highest BCUT2D eigenvalue weighted by Crippen LogP contribution is 2.33. The zero-order chi connectivity index (χ0) is 17.8. The highest BCUT2D eigenvalue weighted by molar-refractivity contribution is 5.96. The molecule has 0 aromatic heterocycles. The van der Waals surface area contributed by atoms with Crippen LogP contribution in [0, 0.1) is 6.92 Å². The third-order valence-electron chi connectivity index (χ3n) is 4.43. The molecule has 136 valence electrons. The van der Waals surface area contributed by atoms with E-state index in [2.05, 4.69) is 0 Å². The van der Waals surface area contributed by atoms with E-state index in [1.165, 1.54) is 0 Å². The Bertz CT molecular complexity index is 661. The molecule has 0 unspecified atom stereocenters. The van der Waals surface area contributed by atoms with Gasteiger partial charge in [0.05, 0.1) is 6.61 Å². The summed E-state index contributed by atoms with van der Waals surface area (Å²) in [5, 5.41) is 0. The number of rotatable bonds is 2. The molecule has 7 nitrogen and oxygen atoms in total. The Hall–Kier alpha value is -2.44. The number of aryl methyl sites for hydroxylation is 1. The first-order valence-electron chi connectivity index (χ1n) is 8.71. The molecule has 2 aliphatic rings. The number of benzene rings is 1. The molecule has 3 rings (SSSR count). The lowest BCUT2D eigenvalue weighted by Crippen LogP contribution is -2.37. The van der Waals surface area contributed by atoms with Crippen LogP contribution in [0.3, 0.4) is 0 Å². The molecule has 0 atom stereocenters. The smallest absolute Gasteiger partial charge is 0.409 e. The zero-order valence-electron chi connectivity index (χ0n) is 14.7. The van der Waals surface area contributed by atoms with Gasteiger partial charge >= 0.3 is 6.09 Å². The summed E-state index contributed by atoms with van der Waals surface area (Å²) in [6.45, 7) is 7.24. The summed E-state index contributed by atoms with van der Waals surface area (Å²) >= 11 is 0. The normalized spacial score (nSPS) is 17.0. The van der Waals surface area contributed by atoms with Crippen LogP contribution in [0.25, 0.3) is 0 Å². The van der Waals surface area contributed by atoms with Crippen molar-refractivity contribution in [3.05, 3.63) is 23.3 Å². The fourth-order valence-electron chi connectivity index (χ4n) is 3.11. The van der Waals surface area contributed by atoms with Gasteiger partial charge in [-0.25, -0.2) is 4.79 Å². The van der Waals surface area contributed by atoms with Gasteiger partial charge in [0, 0.05) is 31.7 Å². The maximum absolute atomic E-state index is 13.0. The predicted molar refractivity (Wildman–Crippen MR) is 91.3 cm³/mol. The van der Waals surface area contributed by atoms with Crippen molar-refractivity contribution in [1.29, 1.82) is 0 Å². The average molecular weight is 348 g/mol. The van der Waals surface area contributed by atoms with E-state index in [-0.39, 0.29) is 12.0 Å². The molecule has 2 heterocycles. The Balaban J connectivity index is 1.72. The van der Waals surface area contributed by atoms with Gasteiger partial charge in [0.1, 0.15) is 13.2 Å². The van der Waals surface area contributed by atoms with Gasteiger partial charge in [0.15, 0.2) is 11.5 Å². The predicted octanol–water partition coefficient (Wildman–Crippen LogP) is 2.07. The van der Waals surface area contributed by atoms with Crippen LogP contribution in [-0.4, -0.2) is 67.8 Å². The van der Waals surface area contributed by atoms with Crippen LogP contribution in [0.5, 0.6) is 11.5 Å². The first kappa shape index (κ1) is 17.4. The molecule has 0 N–H and O–H groups in total. The first-order valence-corrected chi connectivity index (χ1v) is 8.71. The lowest BCUT2D eigenvalue weighted by Gasteiger charge is -2.24. The SMILES string of the molecule is CCOC(=O)N1CCCN(C(=O)c2cc3c(cc2C)OCCO3)CC1. The van der Waals surface area contributed by atoms with Gasteiger partial charge in [-0.05, 0) is 38.0 Å². The largest absolute Gasteiger partial charge is 0.486 e. The minimum absolute atomic E-state index is 0.0415. The van der Waals surface area contributed by atoms with E-state index >= 15 is 0 Å². The van der Waals surface area contributed by atoms with E-state index in [0.29, 0.717) is 63.1 Å². The van der Waals surface area contributed by atoms with Crippen LogP contribution in [0.2, 0.25) is 0 Å². The van der Waals surface area contributed by atoms with E-state index in [0.717, 1.165) is 12.0 Å². The van der Waals surface area contributed by atoms with Crippen molar-refractivity contribution in [1.82, 2.24) is 9.80 Å². The number of nitrogens with zero attached hydrogens (tertiary/aromatic N) is 2. The summed E-state index contributed by atoms with van der Waals surface area (Å²) in [5.41, 5.74) is 1.48. The van der Waals surface area contributed by atoms with Gasteiger partial charge in [0.25, 0.3) is 5.91 Å². The quantitative estimate of drug-likeness (QED) is 0.818. The number of hydrogen-bond donors (Lipinski definition) is 0. The van der Waals surface area contributed by atoms with Gasteiger partial charge in [-0.1, -0.05) is 0 Å². The molecule has 0 radical (unpaired) electrons. The summed E-state index contributed by atoms with van der Waals surface area (Å²) in [5.74, 6) is 1.26. The Morgan fingerprint density at radius 1 is 1.04 bits per heavy atom. The molecule has 1 saturated heterocycles. The summed E-state index contributed by atoms with van der Waals surface area (Å²) in [7, 11) is 0. The summed E-state index contributed by atoms with van der Waals surface area (Å²) < 4.78 is 16.2. The van der Waals surface area contributed by atoms with E-state index in [4.69, 9.17) is 14.2 Å². The number of carbonyl (C=O) groups is 2. The molecule has 25 heavy (non-hydrogen) atoms. The Morgan fingerprint density at radius 3 is 2.40 bits per heavy atom. The highest BCUT2D eigenvalue weighted by atomic mass is 16.6. The second-order valence-electron chi connectivity index (χ2n) is 6.14. The standard InChI is InChI=1S/C18H24N2O5/c1-3-23-18(22)20-6-4-5-19(7-8-20)17(21)14-12-16-15(11-13(14)2)24-9-10-25-16/h11-12H,3-10H2,1-2H3. The molecule has 1 aromatic rings. The number of amides is 2. The number of ether oxygens (including phenoxy) is 3. The first-order chi connectivity index (χ1) is 12.1. The van der Waals surface area contributed by atoms with E-state index < -0.39 is 0 Å². The third-order valence-corrected chi connectivity index (χ3v) is 4.43. The molecule has 0 saturated carbocycles. The fourth-order valence-corrected chi connectivity index (χ4v) is 3.11. The monoisotopic (exact) mass is 348 g/mol. The van der Waals surface area contributed by atoms with E-state index in [1.807, 2.05) is 13.0 Å². The molecule has 0 aliphatic carbocycles. The molecule has 7 heteroatoms. The number of hydrogen-bond acceptors (Lipinski definition) is 5. The van der Waals surface area contributed by atoms with Crippen LogP contribution in [-0.2, 0) is 4.74 Å². The fraction of sp³-hybridized carbons (Fsp3) is 0.556. The van der Waals surface area contributed by atoms with Gasteiger partial charge < -0.3 is 24.0 Å². The Kier molecular flexibility index (Phi) is 5.31. The summed E-state index contributed by atoms with van der Waals surface area (Å²) in [6.07, 6.45) is 0.418.